The van der Waals surface area contributed by atoms with Gasteiger partial charge in [0, 0.05) is 0 Å². The van der Waals surface area contributed by atoms with Crippen molar-refractivity contribution in [2.75, 3.05) is 0 Å². The molecule has 2 heteroatoms. The van der Waals surface area contributed by atoms with Crippen molar-refractivity contribution in [2.24, 2.45) is 0 Å². The van der Waals surface area contributed by atoms with Gasteiger partial charge in [0.1, 0.15) is 11.6 Å². The van der Waals surface area contributed by atoms with Gasteiger partial charge in [0.15, 0.2) is 0 Å². The van der Waals surface area contributed by atoms with Crippen molar-refractivity contribution in [1.82, 2.24) is 0 Å². The first-order chi connectivity index (χ1) is 8.32. The molecule has 1 nitrogen and oxygen atoms in total. The lowest BCUT2D eigenvalue weighted by molar-refractivity contribution is 0.472. The minimum atomic E-state index is -0.246. The van der Waals surface area contributed by atoms with Crippen molar-refractivity contribution in [3.63, 3.8) is 0 Å². The summed E-state index contributed by atoms with van der Waals surface area (Å²) in [7, 11) is 0. The van der Waals surface area contributed by atoms with Gasteiger partial charge >= 0.3 is 0 Å². The Labute approximate surface area is 107 Å². The second-order valence-corrected chi connectivity index (χ2v) is 5.76. The molecular formula is C16H19FO. The molecule has 2 aromatic carbocycles. The summed E-state index contributed by atoms with van der Waals surface area (Å²) in [4.78, 5) is 0. The van der Waals surface area contributed by atoms with Crippen LogP contribution in [0.15, 0.2) is 24.3 Å². The summed E-state index contributed by atoms with van der Waals surface area (Å²) in [6.45, 7) is 8.32. The average molecular weight is 246 g/mol. The third kappa shape index (κ3) is 2.20. The van der Waals surface area contributed by atoms with Crippen molar-refractivity contribution >= 4 is 10.8 Å². The molecule has 0 unspecified atom stereocenters. The van der Waals surface area contributed by atoms with E-state index in [1.165, 1.54) is 6.07 Å². The van der Waals surface area contributed by atoms with E-state index >= 15 is 0 Å². The van der Waals surface area contributed by atoms with Gasteiger partial charge in [-0.15, -0.1) is 0 Å². The lowest BCUT2D eigenvalue weighted by Crippen LogP contribution is -2.12. The summed E-state index contributed by atoms with van der Waals surface area (Å²) >= 11 is 0. The van der Waals surface area contributed by atoms with Gasteiger partial charge in [-0.2, -0.15) is 0 Å². The smallest absolute Gasteiger partial charge is 0.124 e. The summed E-state index contributed by atoms with van der Waals surface area (Å²) in [5, 5.41) is 11.7. The van der Waals surface area contributed by atoms with Crippen LogP contribution in [0.3, 0.4) is 0 Å². The number of halogens is 1. The number of hydrogen-bond acceptors (Lipinski definition) is 1. The summed E-state index contributed by atoms with van der Waals surface area (Å²) in [5.74, 6) is -0.0510. The maximum Gasteiger partial charge on any atom is 0.124 e. The largest absolute Gasteiger partial charge is 0.508 e. The van der Waals surface area contributed by atoms with E-state index in [-0.39, 0.29) is 17.0 Å². The Kier molecular flexibility index (Phi) is 3.05. The Morgan fingerprint density at radius 1 is 1.11 bits per heavy atom. The molecule has 0 spiro atoms. The Morgan fingerprint density at radius 2 is 1.78 bits per heavy atom. The number of aryl methyl sites for hydroxylation is 1. The molecule has 0 radical (unpaired) electrons. The Balaban J connectivity index is 2.93. The van der Waals surface area contributed by atoms with E-state index in [0.717, 1.165) is 28.3 Å². The number of benzene rings is 2. The van der Waals surface area contributed by atoms with Crippen LogP contribution < -0.4 is 0 Å². The first kappa shape index (κ1) is 12.9. The number of hydrogen-bond donors (Lipinski definition) is 1. The van der Waals surface area contributed by atoms with E-state index in [0.29, 0.717) is 0 Å². The van der Waals surface area contributed by atoms with Crippen molar-refractivity contribution in [3.8, 4) is 5.75 Å². The third-order valence-corrected chi connectivity index (χ3v) is 3.27. The number of phenols is 1. The zero-order valence-corrected chi connectivity index (χ0v) is 11.3. The molecule has 96 valence electrons. The SMILES string of the molecule is CCc1cc(F)cc2cc(O)cc(C(C)(C)C)c12. The first-order valence-corrected chi connectivity index (χ1v) is 6.28. The van der Waals surface area contributed by atoms with Crippen LogP contribution in [0, 0.1) is 5.82 Å². The van der Waals surface area contributed by atoms with Crippen LogP contribution in [0.5, 0.6) is 5.75 Å². The monoisotopic (exact) mass is 246 g/mol. The van der Waals surface area contributed by atoms with Gasteiger partial charge in [-0.3, -0.25) is 0 Å². The lowest BCUT2D eigenvalue weighted by Gasteiger charge is -2.23. The molecule has 0 aromatic heterocycles. The minimum Gasteiger partial charge on any atom is -0.508 e. The third-order valence-electron chi connectivity index (χ3n) is 3.27. The van der Waals surface area contributed by atoms with Crippen LogP contribution in [0.4, 0.5) is 4.39 Å². The second kappa shape index (κ2) is 4.27. The van der Waals surface area contributed by atoms with Crippen LogP contribution in [-0.4, -0.2) is 5.11 Å². The maximum atomic E-state index is 13.6. The highest BCUT2D eigenvalue weighted by Crippen LogP contribution is 2.36. The fraction of sp³-hybridized carbons (Fsp3) is 0.375. The topological polar surface area (TPSA) is 20.2 Å². The van der Waals surface area contributed by atoms with E-state index in [1.807, 2.05) is 6.92 Å². The van der Waals surface area contributed by atoms with E-state index in [2.05, 4.69) is 20.8 Å². The summed E-state index contributed by atoms with van der Waals surface area (Å²) < 4.78 is 13.6. The normalized spacial score (nSPS) is 12.1. The number of aromatic hydroxyl groups is 1. The Hall–Kier alpha value is -1.57. The zero-order chi connectivity index (χ0) is 13.5. The quantitative estimate of drug-likeness (QED) is 0.783. The summed E-state index contributed by atoms with van der Waals surface area (Å²) in [5.41, 5.74) is 1.97. The number of phenolic OH excluding ortho intramolecular Hbond substituents is 1. The van der Waals surface area contributed by atoms with E-state index in [1.54, 1.807) is 18.2 Å². The zero-order valence-electron chi connectivity index (χ0n) is 11.3. The van der Waals surface area contributed by atoms with Gasteiger partial charge in [-0.05, 0) is 58.0 Å². The lowest BCUT2D eigenvalue weighted by atomic mass is 9.81. The minimum absolute atomic E-state index is 0.0846. The molecule has 0 aliphatic rings. The van der Waals surface area contributed by atoms with Gasteiger partial charge in [0.25, 0.3) is 0 Å². The van der Waals surface area contributed by atoms with Crippen LogP contribution >= 0.6 is 0 Å². The van der Waals surface area contributed by atoms with E-state index in [9.17, 15) is 9.50 Å². The molecule has 0 aliphatic heterocycles. The standard InChI is InChI=1S/C16H19FO/c1-5-10-6-12(17)7-11-8-13(18)9-14(15(10)11)16(2,3)4/h6-9,18H,5H2,1-4H3. The molecular weight excluding hydrogens is 227 g/mol. The highest BCUT2D eigenvalue weighted by molar-refractivity contribution is 5.91. The molecule has 18 heavy (non-hydrogen) atoms. The average Bonchev–Trinajstić information content (AvgIpc) is 2.24. The fourth-order valence-electron chi connectivity index (χ4n) is 2.42. The molecule has 0 saturated heterocycles. The van der Waals surface area contributed by atoms with Crippen molar-refractivity contribution < 1.29 is 9.50 Å². The van der Waals surface area contributed by atoms with Crippen LogP contribution in [0.2, 0.25) is 0 Å². The molecule has 2 aromatic rings. The molecule has 0 saturated carbocycles. The molecule has 0 bridgehead atoms. The molecule has 0 atom stereocenters. The van der Waals surface area contributed by atoms with Crippen molar-refractivity contribution in [3.05, 3.63) is 41.2 Å². The summed E-state index contributed by atoms with van der Waals surface area (Å²) in [6, 6.07) is 6.50. The Morgan fingerprint density at radius 3 is 2.33 bits per heavy atom. The van der Waals surface area contributed by atoms with Crippen LogP contribution in [0.25, 0.3) is 10.8 Å². The molecule has 0 aliphatic carbocycles. The maximum absolute atomic E-state index is 13.6. The second-order valence-electron chi connectivity index (χ2n) is 5.76. The predicted octanol–water partition coefficient (Wildman–Crippen LogP) is 4.54. The van der Waals surface area contributed by atoms with Crippen LogP contribution in [-0.2, 0) is 11.8 Å². The van der Waals surface area contributed by atoms with E-state index in [4.69, 9.17) is 0 Å². The first-order valence-electron chi connectivity index (χ1n) is 6.28. The van der Waals surface area contributed by atoms with Crippen LogP contribution in [0.1, 0.15) is 38.8 Å². The molecule has 2 rings (SSSR count). The Bertz CT molecular complexity index is 589. The van der Waals surface area contributed by atoms with Crippen molar-refractivity contribution in [1.29, 1.82) is 0 Å². The van der Waals surface area contributed by atoms with Gasteiger partial charge < -0.3 is 5.11 Å². The van der Waals surface area contributed by atoms with Gasteiger partial charge in [-0.1, -0.05) is 27.7 Å². The molecule has 0 heterocycles. The molecule has 0 fully saturated rings. The van der Waals surface area contributed by atoms with Gasteiger partial charge in [0.05, 0.1) is 0 Å². The van der Waals surface area contributed by atoms with E-state index < -0.39 is 0 Å². The highest BCUT2D eigenvalue weighted by Gasteiger charge is 2.20. The van der Waals surface area contributed by atoms with Crippen molar-refractivity contribution in [2.45, 2.75) is 39.5 Å². The summed E-state index contributed by atoms with van der Waals surface area (Å²) in [6.07, 6.45) is 0.780. The van der Waals surface area contributed by atoms with Gasteiger partial charge in [-0.25, -0.2) is 4.39 Å². The molecule has 1 N–H and O–H groups in total. The molecule has 0 amide bonds. The fourth-order valence-corrected chi connectivity index (χ4v) is 2.42. The highest BCUT2D eigenvalue weighted by atomic mass is 19.1. The predicted molar refractivity (Wildman–Crippen MR) is 73.6 cm³/mol. The number of fused-ring (bicyclic) bond motifs is 1. The number of rotatable bonds is 1. The van der Waals surface area contributed by atoms with Gasteiger partial charge in [0.2, 0.25) is 0 Å².